The molecule has 0 saturated heterocycles. The van der Waals surface area contributed by atoms with E-state index in [-0.39, 0.29) is 6.79 Å². The van der Waals surface area contributed by atoms with Crippen molar-refractivity contribution in [2.45, 2.75) is 10.1 Å². The molecule has 2 aromatic heterocycles. The second kappa shape index (κ2) is 4.78. The van der Waals surface area contributed by atoms with Gasteiger partial charge in [-0.3, -0.25) is 0 Å². The van der Waals surface area contributed by atoms with Gasteiger partial charge in [-0.1, -0.05) is 0 Å². The molecule has 0 aliphatic carbocycles. The Morgan fingerprint density at radius 3 is 2.90 bits per heavy atom. The van der Waals surface area contributed by atoms with Crippen LogP contribution >= 0.6 is 27.7 Å². The minimum absolute atomic E-state index is 0.237. The minimum Gasteiger partial charge on any atom is -0.454 e. The Hall–Kier alpha value is -2.00. The van der Waals surface area contributed by atoms with E-state index >= 15 is 0 Å². The predicted octanol–water partition coefficient (Wildman–Crippen LogP) is 2.18. The third kappa shape index (κ3) is 2.09. The van der Waals surface area contributed by atoms with E-state index in [0.717, 1.165) is 15.1 Å². The van der Waals surface area contributed by atoms with E-state index in [4.69, 9.17) is 15.3 Å². The van der Waals surface area contributed by atoms with Crippen LogP contribution in [0.3, 0.4) is 0 Å². The van der Waals surface area contributed by atoms with E-state index in [1.54, 1.807) is 6.20 Å². The molecule has 7 nitrogen and oxygen atoms in total. The molecule has 106 valence electrons. The molecule has 0 saturated carbocycles. The lowest BCUT2D eigenvalue weighted by atomic mass is 10.3. The fourth-order valence-corrected chi connectivity index (χ4v) is 3.39. The zero-order valence-electron chi connectivity index (χ0n) is 10.5. The van der Waals surface area contributed by atoms with Crippen molar-refractivity contribution in [3.8, 4) is 11.5 Å². The molecule has 1 aliphatic heterocycles. The maximum absolute atomic E-state index is 6.02. The Morgan fingerprint density at radius 1 is 1.29 bits per heavy atom. The van der Waals surface area contributed by atoms with Gasteiger partial charge in [-0.25, -0.2) is 19.6 Å². The van der Waals surface area contributed by atoms with Crippen molar-refractivity contribution in [1.82, 2.24) is 19.6 Å². The quantitative estimate of drug-likeness (QED) is 0.696. The van der Waals surface area contributed by atoms with Crippen LogP contribution in [0.2, 0.25) is 0 Å². The van der Waals surface area contributed by atoms with Crippen molar-refractivity contribution >= 4 is 38.9 Å². The van der Waals surface area contributed by atoms with E-state index in [1.165, 1.54) is 22.8 Å². The first-order chi connectivity index (χ1) is 10.2. The molecule has 0 amide bonds. The average Bonchev–Trinajstić information content (AvgIpc) is 3.05. The smallest absolute Gasteiger partial charge is 0.231 e. The number of rotatable bonds is 2. The molecule has 1 aromatic carbocycles. The van der Waals surface area contributed by atoms with Gasteiger partial charge in [0, 0.05) is 9.37 Å². The topological polar surface area (TPSA) is 88.1 Å². The molecule has 0 spiro atoms. The van der Waals surface area contributed by atoms with Gasteiger partial charge in [0.25, 0.3) is 0 Å². The highest BCUT2D eigenvalue weighted by Gasteiger charge is 2.19. The Kier molecular flexibility index (Phi) is 2.89. The third-order valence-corrected chi connectivity index (χ3v) is 4.90. The van der Waals surface area contributed by atoms with E-state index in [2.05, 4.69) is 30.9 Å². The maximum atomic E-state index is 6.02. The molecular weight excluding hydrogens is 358 g/mol. The first-order valence-electron chi connectivity index (χ1n) is 5.93. The van der Waals surface area contributed by atoms with Crippen molar-refractivity contribution in [3.63, 3.8) is 0 Å². The van der Waals surface area contributed by atoms with Crippen LogP contribution in [0, 0.1) is 0 Å². The summed E-state index contributed by atoms with van der Waals surface area (Å²) >= 11 is 4.92. The Morgan fingerprint density at radius 2 is 2.10 bits per heavy atom. The summed E-state index contributed by atoms with van der Waals surface area (Å²) in [6, 6.07) is 3.76. The van der Waals surface area contributed by atoms with Crippen LogP contribution in [0.25, 0.3) is 11.2 Å². The van der Waals surface area contributed by atoms with E-state index in [0.29, 0.717) is 22.1 Å². The van der Waals surface area contributed by atoms with Crippen LogP contribution in [-0.4, -0.2) is 26.4 Å². The number of aromatic nitrogens is 4. The van der Waals surface area contributed by atoms with Crippen molar-refractivity contribution in [3.05, 3.63) is 29.1 Å². The molecule has 0 atom stereocenters. The number of fused-ring (bicyclic) bond motifs is 2. The van der Waals surface area contributed by atoms with Crippen LogP contribution in [0.5, 0.6) is 11.5 Å². The summed E-state index contributed by atoms with van der Waals surface area (Å²) in [4.78, 5) is 13.4. The fourth-order valence-electron chi connectivity index (χ4n) is 1.97. The number of benzene rings is 1. The molecule has 2 N–H and O–H groups in total. The van der Waals surface area contributed by atoms with Crippen LogP contribution in [0.1, 0.15) is 0 Å². The highest BCUT2D eigenvalue weighted by Crippen LogP contribution is 2.42. The molecular formula is C12H8BrN5O2S. The van der Waals surface area contributed by atoms with E-state index in [1.807, 2.05) is 12.1 Å². The fraction of sp³-hybridized carbons (Fsp3) is 0.0833. The van der Waals surface area contributed by atoms with Gasteiger partial charge in [-0.15, -0.1) is 0 Å². The summed E-state index contributed by atoms with van der Waals surface area (Å²) in [6.45, 7) is 0.237. The highest BCUT2D eigenvalue weighted by molar-refractivity contribution is 9.10. The number of nitrogens with two attached hydrogens (primary N) is 1. The molecule has 0 radical (unpaired) electrons. The van der Waals surface area contributed by atoms with Crippen LogP contribution in [0.15, 0.2) is 39.2 Å². The first kappa shape index (κ1) is 12.7. The molecule has 21 heavy (non-hydrogen) atoms. The Balaban J connectivity index is 1.76. The van der Waals surface area contributed by atoms with Gasteiger partial charge < -0.3 is 15.3 Å². The average molecular weight is 366 g/mol. The molecule has 9 heteroatoms. The van der Waals surface area contributed by atoms with Gasteiger partial charge in [0.1, 0.15) is 11.8 Å². The van der Waals surface area contributed by atoms with Gasteiger partial charge in [-0.2, -0.15) is 0 Å². The number of ether oxygens (including phenoxy) is 2. The second-order valence-electron chi connectivity index (χ2n) is 4.23. The molecule has 0 fully saturated rings. The lowest BCUT2D eigenvalue weighted by molar-refractivity contribution is 0.174. The standard InChI is InChI=1S/C12H8BrN5O2S/c13-6-1-8-9(20-5-19-8)2-10(6)21-12-17-7-3-15-4-16-11(7)18(12)14/h1-4H,5,14H2. The van der Waals surface area contributed by atoms with Crippen molar-refractivity contribution in [2.24, 2.45) is 0 Å². The highest BCUT2D eigenvalue weighted by atomic mass is 79.9. The van der Waals surface area contributed by atoms with E-state index < -0.39 is 0 Å². The second-order valence-corrected chi connectivity index (χ2v) is 6.10. The summed E-state index contributed by atoms with van der Waals surface area (Å²) in [7, 11) is 0. The zero-order chi connectivity index (χ0) is 14.4. The molecule has 3 heterocycles. The zero-order valence-corrected chi connectivity index (χ0v) is 12.9. The SMILES string of the molecule is Nn1c(Sc2cc3c(cc2Br)OCO3)nc2cncnc21. The predicted molar refractivity (Wildman–Crippen MR) is 79.9 cm³/mol. The summed E-state index contributed by atoms with van der Waals surface area (Å²) in [6.07, 6.45) is 3.07. The van der Waals surface area contributed by atoms with Crippen molar-refractivity contribution in [2.75, 3.05) is 12.6 Å². The summed E-state index contributed by atoms with van der Waals surface area (Å²) in [5.41, 5.74) is 1.24. The molecule has 0 unspecified atom stereocenters. The van der Waals surface area contributed by atoms with Gasteiger partial charge in [0.2, 0.25) is 6.79 Å². The Labute approximate surface area is 131 Å². The number of nitrogen functional groups attached to an aromatic ring is 1. The van der Waals surface area contributed by atoms with Crippen LogP contribution in [0.4, 0.5) is 0 Å². The molecule has 1 aliphatic rings. The number of nitrogens with zero attached hydrogens (tertiary/aromatic N) is 4. The largest absolute Gasteiger partial charge is 0.454 e. The van der Waals surface area contributed by atoms with Crippen LogP contribution < -0.4 is 15.3 Å². The number of halogens is 1. The van der Waals surface area contributed by atoms with Crippen molar-refractivity contribution in [1.29, 1.82) is 0 Å². The number of hydrogen-bond acceptors (Lipinski definition) is 7. The molecule has 4 rings (SSSR count). The van der Waals surface area contributed by atoms with Gasteiger partial charge in [0.05, 0.1) is 6.20 Å². The molecule has 3 aromatic rings. The summed E-state index contributed by atoms with van der Waals surface area (Å²) in [5, 5.41) is 0.616. The maximum Gasteiger partial charge on any atom is 0.231 e. The lowest BCUT2D eigenvalue weighted by Crippen LogP contribution is -2.09. The van der Waals surface area contributed by atoms with Gasteiger partial charge >= 0.3 is 0 Å². The summed E-state index contributed by atoms with van der Waals surface area (Å²) in [5.74, 6) is 7.45. The minimum atomic E-state index is 0.237. The third-order valence-electron chi connectivity index (χ3n) is 2.95. The Bertz CT molecular complexity index is 853. The number of hydrogen-bond donors (Lipinski definition) is 1. The van der Waals surface area contributed by atoms with Crippen molar-refractivity contribution < 1.29 is 9.47 Å². The monoisotopic (exact) mass is 365 g/mol. The van der Waals surface area contributed by atoms with E-state index in [9.17, 15) is 0 Å². The van der Waals surface area contributed by atoms with Gasteiger partial charge in [-0.05, 0) is 39.8 Å². The molecule has 0 bridgehead atoms. The number of imidazole rings is 1. The van der Waals surface area contributed by atoms with Gasteiger partial charge in [0.15, 0.2) is 22.3 Å². The summed E-state index contributed by atoms with van der Waals surface area (Å²) < 4.78 is 13.0. The lowest BCUT2D eigenvalue weighted by Gasteiger charge is -2.05. The first-order valence-corrected chi connectivity index (χ1v) is 7.54. The normalized spacial score (nSPS) is 13.0. The van der Waals surface area contributed by atoms with Crippen LogP contribution in [-0.2, 0) is 0 Å².